The summed E-state index contributed by atoms with van der Waals surface area (Å²) < 4.78 is 7.32. The number of rotatable bonds is 4. The lowest BCUT2D eigenvalue weighted by Crippen LogP contribution is -1.97. The quantitative estimate of drug-likeness (QED) is 0.880. The molecule has 0 atom stereocenters. The summed E-state index contributed by atoms with van der Waals surface area (Å²) in [6, 6.07) is 5.83. The van der Waals surface area contributed by atoms with Crippen LogP contribution in [0.1, 0.15) is 12.0 Å². The molecule has 0 bridgehead atoms. The fourth-order valence-corrected chi connectivity index (χ4v) is 2.11. The Hall–Kier alpha value is -1.97. The van der Waals surface area contributed by atoms with Gasteiger partial charge in [0.15, 0.2) is 0 Å². The molecule has 2 aromatic rings. The predicted molar refractivity (Wildman–Crippen MR) is 65.4 cm³/mol. The van der Waals surface area contributed by atoms with Crippen molar-refractivity contribution in [2.45, 2.75) is 12.8 Å². The number of carboxylic acids is 1. The molecule has 0 fully saturated rings. The fourth-order valence-electron chi connectivity index (χ4n) is 2.11. The van der Waals surface area contributed by atoms with Gasteiger partial charge in [-0.15, -0.1) is 0 Å². The predicted octanol–water partition coefficient (Wildman–Crippen LogP) is 2.20. The Morgan fingerprint density at radius 2 is 2.24 bits per heavy atom. The van der Waals surface area contributed by atoms with E-state index in [1.807, 2.05) is 36.0 Å². The summed E-state index contributed by atoms with van der Waals surface area (Å²) in [4.78, 5) is 10.6. The number of hydrogen-bond donors (Lipinski definition) is 1. The lowest BCUT2D eigenvalue weighted by atomic mass is 10.1. The maximum Gasteiger partial charge on any atom is 0.303 e. The van der Waals surface area contributed by atoms with Crippen molar-refractivity contribution in [1.82, 2.24) is 4.57 Å². The first-order valence-corrected chi connectivity index (χ1v) is 5.46. The molecule has 1 aromatic heterocycles. The molecule has 0 saturated carbocycles. The normalized spacial score (nSPS) is 10.7. The van der Waals surface area contributed by atoms with E-state index in [2.05, 4.69) is 0 Å². The van der Waals surface area contributed by atoms with Crippen molar-refractivity contribution in [2.75, 3.05) is 7.11 Å². The van der Waals surface area contributed by atoms with E-state index in [0.717, 1.165) is 22.2 Å². The van der Waals surface area contributed by atoms with E-state index in [1.54, 1.807) is 7.11 Å². The number of carbonyl (C=O) groups is 1. The van der Waals surface area contributed by atoms with Gasteiger partial charge in [0, 0.05) is 25.1 Å². The van der Waals surface area contributed by atoms with E-state index in [1.165, 1.54) is 0 Å². The van der Waals surface area contributed by atoms with Gasteiger partial charge in [-0.25, -0.2) is 0 Å². The van der Waals surface area contributed by atoms with Crippen LogP contribution in [-0.4, -0.2) is 22.8 Å². The number of aryl methyl sites for hydroxylation is 2. The van der Waals surface area contributed by atoms with E-state index in [-0.39, 0.29) is 6.42 Å². The smallest absolute Gasteiger partial charge is 0.303 e. The number of aliphatic carboxylic acids is 1. The Kier molecular flexibility index (Phi) is 3.04. The zero-order valence-corrected chi connectivity index (χ0v) is 9.93. The number of aromatic nitrogens is 1. The average molecular weight is 233 g/mol. The highest BCUT2D eigenvalue weighted by atomic mass is 16.5. The summed E-state index contributed by atoms with van der Waals surface area (Å²) in [6.45, 7) is 0. The Labute approximate surface area is 99.4 Å². The van der Waals surface area contributed by atoms with Crippen molar-refractivity contribution >= 4 is 16.9 Å². The second-order valence-electron chi connectivity index (χ2n) is 4.01. The molecule has 0 saturated heterocycles. The molecular weight excluding hydrogens is 218 g/mol. The number of methoxy groups -OCH3 is 1. The van der Waals surface area contributed by atoms with Crippen LogP contribution in [0.15, 0.2) is 24.4 Å². The van der Waals surface area contributed by atoms with Crippen molar-refractivity contribution in [1.29, 1.82) is 0 Å². The van der Waals surface area contributed by atoms with Crippen LogP contribution >= 0.6 is 0 Å². The third-order valence-corrected chi connectivity index (χ3v) is 2.88. The number of nitrogens with zero attached hydrogens (tertiary/aromatic N) is 1. The first kappa shape index (κ1) is 11.5. The summed E-state index contributed by atoms with van der Waals surface area (Å²) in [5, 5.41) is 9.75. The lowest BCUT2D eigenvalue weighted by Gasteiger charge is -2.04. The molecular formula is C13H15NO3. The Morgan fingerprint density at radius 1 is 1.47 bits per heavy atom. The molecule has 90 valence electrons. The van der Waals surface area contributed by atoms with Crippen molar-refractivity contribution < 1.29 is 14.6 Å². The first-order valence-electron chi connectivity index (χ1n) is 5.46. The topological polar surface area (TPSA) is 51.5 Å². The largest absolute Gasteiger partial charge is 0.496 e. The van der Waals surface area contributed by atoms with Gasteiger partial charge in [-0.1, -0.05) is 6.07 Å². The lowest BCUT2D eigenvalue weighted by molar-refractivity contribution is -0.136. The molecule has 4 nitrogen and oxygen atoms in total. The van der Waals surface area contributed by atoms with Gasteiger partial charge in [0.1, 0.15) is 5.75 Å². The third-order valence-electron chi connectivity index (χ3n) is 2.88. The number of carboxylic acid groups (broad SMARTS) is 1. The molecule has 1 aromatic carbocycles. The Morgan fingerprint density at radius 3 is 2.88 bits per heavy atom. The van der Waals surface area contributed by atoms with Gasteiger partial charge in [0.05, 0.1) is 12.6 Å². The maximum absolute atomic E-state index is 10.6. The van der Waals surface area contributed by atoms with Crippen molar-refractivity contribution in [3.63, 3.8) is 0 Å². The van der Waals surface area contributed by atoms with Crippen LogP contribution in [0.4, 0.5) is 0 Å². The molecule has 0 radical (unpaired) electrons. The molecule has 1 N–H and O–H groups in total. The highest BCUT2D eigenvalue weighted by molar-refractivity contribution is 5.90. The average Bonchev–Trinajstić information content (AvgIpc) is 2.64. The van der Waals surface area contributed by atoms with E-state index in [9.17, 15) is 4.79 Å². The second-order valence-corrected chi connectivity index (χ2v) is 4.01. The molecule has 0 spiro atoms. The summed E-state index contributed by atoms with van der Waals surface area (Å²) in [7, 11) is 3.58. The zero-order valence-electron chi connectivity index (χ0n) is 9.93. The van der Waals surface area contributed by atoms with Gasteiger partial charge in [-0.05, 0) is 24.1 Å². The molecule has 0 amide bonds. The van der Waals surface area contributed by atoms with Gasteiger partial charge < -0.3 is 14.4 Å². The highest BCUT2D eigenvalue weighted by Gasteiger charge is 2.12. The van der Waals surface area contributed by atoms with Gasteiger partial charge in [0.2, 0.25) is 0 Å². The van der Waals surface area contributed by atoms with E-state index < -0.39 is 5.97 Å². The van der Waals surface area contributed by atoms with E-state index >= 15 is 0 Å². The molecule has 0 aliphatic rings. The summed E-state index contributed by atoms with van der Waals surface area (Å²) in [6.07, 6.45) is 2.63. The first-order chi connectivity index (χ1) is 8.13. The molecule has 2 rings (SSSR count). The van der Waals surface area contributed by atoms with Crippen molar-refractivity contribution in [3.05, 3.63) is 30.0 Å². The molecule has 17 heavy (non-hydrogen) atoms. The molecule has 1 heterocycles. The van der Waals surface area contributed by atoms with Crippen LogP contribution in [0, 0.1) is 0 Å². The summed E-state index contributed by atoms with van der Waals surface area (Å²) >= 11 is 0. The zero-order chi connectivity index (χ0) is 12.4. The van der Waals surface area contributed by atoms with Gasteiger partial charge >= 0.3 is 5.97 Å². The minimum Gasteiger partial charge on any atom is -0.496 e. The van der Waals surface area contributed by atoms with Gasteiger partial charge in [0.25, 0.3) is 0 Å². The number of hydrogen-bond acceptors (Lipinski definition) is 2. The fraction of sp³-hybridized carbons (Fsp3) is 0.308. The maximum atomic E-state index is 10.6. The minimum atomic E-state index is -0.781. The van der Waals surface area contributed by atoms with Crippen molar-refractivity contribution in [2.24, 2.45) is 7.05 Å². The van der Waals surface area contributed by atoms with Gasteiger partial charge in [-0.3, -0.25) is 4.79 Å². The van der Waals surface area contributed by atoms with E-state index in [4.69, 9.17) is 9.84 Å². The SMILES string of the molecule is COc1cccc2c1c(CCC(=O)O)cn2C. The van der Waals surface area contributed by atoms with E-state index in [0.29, 0.717) is 6.42 Å². The number of fused-ring (bicyclic) bond motifs is 1. The monoisotopic (exact) mass is 233 g/mol. The molecule has 0 unspecified atom stereocenters. The van der Waals surface area contributed by atoms with Crippen LogP contribution in [-0.2, 0) is 18.3 Å². The van der Waals surface area contributed by atoms with Crippen molar-refractivity contribution in [3.8, 4) is 5.75 Å². The van der Waals surface area contributed by atoms with Crippen LogP contribution in [0.25, 0.3) is 10.9 Å². The summed E-state index contributed by atoms with van der Waals surface area (Å²) in [5.74, 6) is 0.0142. The van der Waals surface area contributed by atoms with Crippen LogP contribution in [0.3, 0.4) is 0 Å². The summed E-state index contributed by atoms with van der Waals surface area (Å²) in [5.41, 5.74) is 2.08. The Bertz CT molecular complexity index is 557. The molecule has 0 aliphatic carbocycles. The third kappa shape index (κ3) is 2.11. The standard InChI is InChI=1S/C13H15NO3/c1-14-8-9(6-7-12(15)16)13-10(14)4-3-5-11(13)17-2/h3-5,8H,6-7H2,1-2H3,(H,15,16). The van der Waals surface area contributed by atoms with Crippen LogP contribution in [0.2, 0.25) is 0 Å². The number of benzene rings is 1. The van der Waals surface area contributed by atoms with Crippen LogP contribution < -0.4 is 4.74 Å². The molecule has 4 heteroatoms. The Balaban J connectivity index is 2.51. The van der Waals surface area contributed by atoms with Gasteiger partial charge in [-0.2, -0.15) is 0 Å². The van der Waals surface area contributed by atoms with Crippen LogP contribution in [0.5, 0.6) is 5.75 Å². The highest BCUT2D eigenvalue weighted by Crippen LogP contribution is 2.30. The second kappa shape index (κ2) is 4.49. The number of ether oxygens (including phenoxy) is 1. The minimum absolute atomic E-state index is 0.136. The molecule has 0 aliphatic heterocycles.